The van der Waals surface area contributed by atoms with Gasteiger partial charge in [0.2, 0.25) is 11.8 Å². The van der Waals surface area contributed by atoms with Gasteiger partial charge in [0.15, 0.2) is 0 Å². The molecule has 5 rings (SSSR count). The molecule has 15 heteroatoms. The van der Waals surface area contributed by atoms with Gasteiger partial charge in [-0.15, -0.1) is 0 Å². The second-order valence-electron chi connectivity index (χ2n) is 12.5. The first-order chi connectivity index (χ1) is 22.0. The van der Waals surface area contributed by atoms with Crippen molar-refractivity contribution in [1.82, 2.24) is 20.2 Å². The number of amides is 2. The lowest BCUT2D eigenvalue weighted by Gasteiger charge is -2.47. The number of carbonyl (C=O) groups excluding carboxylic acids is 2. The van der Waals surface area contributed by atoms with Crippen molar-refractivity contribution in [2.75, 3.05) is 18.4 Å². The van der Waals surface area contributed by atoms with Gasteiger partial charge in [-0.3, -0.25) is 4.79 Å². The summed E-state index contributed by atoms with van der Waals surface area (Å²) < 4.78 is 83.1. The summed E-state index contributed by atoms with van der Waals surface area (Å²) in [5.41, 5.74) is 0.439. The molecule has 1 aromatic heterocycles. The van der Waals surface area contributed by atoms with Crippen LogP contribution in [0, 0.1) is 19.3 Å². The number of halogens is 3. The number of methoxy groups -OCH3 is 1. The Morgan fingerprint density at radius 1 is 1.09 bits per heavy atom. The Bertz CT molecular complexity index is 1770. The topological polar surface area (TPSA) is 140 Å². The normalized spacial score (nSPS) is 21.1. The first-order valence-electron chi connectivity index (χ1n) is 14.9. The maximum atomic E-state index is 14.3. The van der Waals surface area contributed by atoms with Crippen LogP contribution in [0.15, 0.2) is 53.4 Å². The number of benzene rings is 2. The fraction of sp³-hybridized carbons (Fsp3) is 0.438. The van der Waals surface area contributed by atoms with Gasteiger partial charge in [-0.2, -0.15) is 18.2 Å². The number of hydrogen-bond donors (Lipinski definition) is 2. The van der Waals surface area contributed by atoms with E-state index in [2.05, 4.69) is 24.7 Å². The Morgan fingerprint density at radius 2 is 1.74 bits per heavy atom. The zero-order chi connectivity index (χ0) is 34.3. The third-order valence-electron chi connectivity index (χ3n) is 8.64. The first-order valence-corrected chi connectivity index (χ1v) is 16.4. The number of nitrogens with one attached hydrogen (secondary N) is 2. The van der Waals surface area contributed by atoms with Crippen LogP contribution in [0.1, 0.15) is 54.6 Å². The van der Waals surface area contributed by atoms with E-state index in [4.69, 9.17) is 4.74 Å². The molecule has 1 atom stereocenters. The van der Waals surface area contributed by atoms with Crippen molar-refractivity contribution in [2.24, 2.45) is 5.41 Å². The lowest BCUT2D eigenvalue weighted by atomic mass is 9.80. The van der Waals surface area contributed by atoms with Crippen LogP contribution in [0.4, 0.5) is 23.9 Å². The fourth-order valence-electron chi connectivity index (χ4n) is 5.93. The lowest BCUT2D eigenvalue weighted by molar-refractivity contribution is -0.218. The number of anilines is 1. The zero-order valence-corrected chi connectivity index (χ0v) is 27.3. The molecule has 2 heterocycles. The molecule has 252 valence electrons. The second-order valence-corrected chi connectivity index (χ2v) is 14.2. The van der Waals surface area contributed by atoms with Crippen molar-refractivity contribution in [1.29, 1.82) is 0 Å². The molecule has 1 aliphatic carbocycles. The minimum atomic E-state index is -4.62. The molecular formula is C32H36F3N5O6S. The number of ether oxygens (including phenoxy) is 2. The summed E-state index contributed by atoms with van der Waals surface area (Å²) in [6, 6.07) is 10.2. The summed E-state index contributed by atoms with van der Waals surface area (Å²) in [4.78, 5) is 35.8. The zero-order valence-electron chi connectivity index (χ0n) is 26.5. The van der Waals surface area contributed by atoms with Crippen molar-refractivity contribution in [3.63, 3.8) is 0 Å². The summed E-state index contributed by atoms with van der Waals surface area (Å²) >= 11 is 0. The molecular weight excluding hydrogens is 639 g/mol. The van der Waals surface area contributed by atoms with Gasteiger partial charge >= 0.3 is 12.3 Å². The van der Waals surface area contributed by atoms with E-state index < -0.39 is 58.7 Å². The van der Waals surface area contributed by atoms with Crippen molar-refractivity contribution >= 4 is 28.0 Å². The number of aryl methyl sites for hydroxylation is 2. The molecule has 1 saturated carbocycles. The van der Waals surface area contributed by atoms with Gasteiger partial charge in [0, 0.05) is 29.3 Å². The molecule has 0 spiro atoms. The number of aromatic nitrogens is 2. The van der Waals surface area contributed by atoms with Crippen LogP contribution in [0.25, 0.3) is 11.3 Å². The Balaban J connectivity index is 1.65. The summed E-state index contributed by atoms with van der Waals surface area (Å²) in [5.74, 6) is -1.08. The summed E-state index contributed by atoms with van der Waals surface area (Å²) in [5, 5.41) is 2.65. The SMILES string of the molecule is COC(=O)NC1CC(N2C(=O)c3cccc(c3)S(=O)(=O)Nc3nc(cc(-c4c(C)cccc4C)n3)OC[C@H]2CC(C)(C)C(F)(F)F)C1. The van der Waals surface area contributed by atoms with Gasteiger partial charge in [-0.25, -0.2) is 22.9 Å². The van der Waals surface area contributed by atoms with Crippen LogP contribution in [0.2, 0.25) is 0 Å². The number of rotatable bonds is 5. The molecule has 11 nitrogen and oxygen atoms in total. The van der Waals surface area contributed by atoms with Crippen LogP contribution < -0.4 is 14.8 Å². The van der Waals surface area contributed by atoms with Gasteiger partial charge in [-0.1, -0.05) is 38.1 Å². The molecule has 2 aromatic carbocycles. The van der Waals surface area contributed by atoms with Gasteiger partial charge in [0.25, 0.3) is 15.9 Å². The molecule has 2 aliphatic rings. The number of carbonyl (C=O) groups is 2. The third-order valence-corrected chi connectivity index (χ3v) is 9.96. The standard InChI is InChI=1S/C32H36F3N5O6S/c1-18-8-6-9-19(2)27(18)25-15-26-38-29(37-25)39-47(43,44)24-11-7-10-20(12-24)28(41)40(22-13-21(14-22)36-30(42)45-5)23(17-46-26)16-31(3,4)32(33,34)35/h6-12,15,21-23H,13-14,16-17H2,1-5H3,(H,36,42)(H,37,38,39)/t21?,22?,23-/m1/s1. The molecule has 1 aliphatic heterocycles. The molecule has 3 aromatic rings. The largest absolute Gasteiger partial charge is 0.475 e. The van der Waals surface area contributed by atoms with E-state index in [1.165, 1.54) is 42.3 Å². The highest BCUT2D eigenvalue weighted by Crippen LogP contribution is 2.43. The van der Waals surface area contributed by atoms with E-state index in [-0.39, 0.29) is 41.2 Å². The Hall–Kier alpha value is -4.40. The van der Waals surface area contributed by atoms with E-state index in [0.29, 0.717) is 11.3 Å². The molecule has 0 radical (unpaired) electrons. The minimum Gasteiger partial charge on any atom is -0.475 e. The molecule has 4 bridgehead atoms. The van der Waals surface area contributed by atoms with Crippen LogP contribution >= 0.6 is 0 Å². The lowest BCUT2D eigenvalue weighted by Crippen LogP contribution is -2.60. The van der Waals surface area contributed by atoms with Crippen LogP contribution in [0.3, 0.4) is 0 Å². The predicted octanol–water partition coefficient (Wildman–Crippen LogP) is 5.63. The number of nitrogens with zero attached hydrogens (tertiary/aromatic N) is 3. The highest BCUT2D eigenvalue weighted by molar-refractivity contribution is 7.92. The third kappa shape index (κ3) is 7.14. The Kier molecular flexibility index (Phi) is 9.14. The molecule has 2 N–H and O–H groups in total. The molecule has 0 unspecified atom stereocenters. The van der Waals surface area contributed by atoms with E-state index in [9.17, 15) is 31.2 Å². The quantitative estimate of drug-likeness (QED) is 0.355. The minimum absolute atomic E-state index is 0.0461. The van der Waals surface area contributed by atoms with Crippen molar-refractivity contribution in [2.45, 2.75) is 76.2 Å². The summed E-state index contributed by atoms with van der Waals surface area (Å²) in [6.45, 7) is 5.44. The highest BCUT2D eigenvalue weighted by Gasteiger charge is 2.51. The Labute approximate surface area is 270 Å². The average molecular weight is 676 g/mol. The van der Waals surface area contributed by atoms with E-state index in [0.717, 1.165) is 25.0 Å². The maximum absolute atomic E-state index is 14.3. The monoisotopic (exact) mass is 675 g/mol. The first kappa shape index (κ1) is 33.9. The number of fused-ring (bicyclic) bond motifs is 4. The predicted molar refractivity (Wildman–Crippen MR) is 166 cm³/mol. The number of hydrogen-bond acceptors (Lipinski definition) is 8. The van der Waals surface area contributed by atoms with Crippen molar-refractivity contribution in [3.05, 3.63) is 65.2 Å². The van der Waals surface area contributed by atoms with Crippen LogP contribution in [0.5, 0.6) is 5.88 Å². The summed E-state index contributed by atoms with van der Waals surface area (Å²) in [6.07, 6.45) is -5.36. The average Bonchev–Trinajstić information content (AvgIpc) is 2.97. The van der Waals surface area contributed by atoms with Gasteiger partial charge < -0.3 is 19.7 Å². The highest BCUT2D eigenvalue weighted by atomic mass is 32.2. The van der Waals surface area contributed by atoms with Crippen molar-refractivity contribution < 1.29 is 40.7 Å². The van der Waals surface area contributed by atoms with Gasteiger partial charge in [0.1, 0.15) is 6.61 Å². The molecule has 2 amide bonds. The van der Waals surface area contributed by atoms with E-state index in [1.807, 2.05) is 32.0 Å². The van der Waals surface area contributed by atoms with E-state index >= 15 is 0 Å². The summed E-state index contributed by atoms with van der Waals surface area (Å²) in [7, 11) is -3.12. The smallest absolute Gasteiger partial charge is 0.407 e. The second kappa shape index (κ2) is 12.7. The number of sulfonamides is 1. The number of alkyl halides is 3. The van der Waals surface area contributed by atoms with Crippen LogP contribution in [-0.4, -0.2) is 73.3 Å². The van der Waals surface area contributed by atoms with Crippen LogP contribution in [-0.2, 0) is 14.8 Å². The number of alkyl carbamates (subject to hydrolysis) is 1. The Morgan fingerprint density at radius 3 is 2.38 bits per heavy atom. The van der Waals surface area contributed by atoms with Crippen molar-refractivity contribution in [3.8, 4) is 17.1 Å². The molecule has 1 fully saturated rings. The fourth-order valence-corrected chi connectivity index (χ4v) is 6.92. The van der Waals surface area contributed by atoms with E-state index in [1.54, 1.807) is 0 Å². The van der Waals surface area contributed by atoms with Gasteiger partial charge in [-0.05, 0) is 62.4 Å². The maximum Gasteiger partial charge on any atom is 0.407 e. The van der Waals surface area contributed by atoms with Gasteiger partial charge in [0.05, 0.1) is 29.2 Å². The molecule has 0 saturated heterocycles. The molecule has 47 heavy (non-hydrogen) atoms.